The fourth-order valence-corrected chi connectivity index (χ4v) is 2.38. The van der Waals surface area contributed by atoms with Gasteiger partial charge in [0.15, 0.2) is 0 Å². The number of nitrogens with zero attached hydrogens (tertiary/aromatic N) is 2. The molecule has 0 aliphatic carbocycles. The van der Waals surface area contributed by atoms with Crippen LogP contribution in [0.2, 0.25) is 0 Å². The fraction of sp³-hybridized carbons (Fsp3) is 0.308. The lowest BCUT2D eigenvalue weighted by Gasteiger charge is -2.15. The number of thioether (sulfide) groups is 1. The third kappa shape index (κ3) is 3.03. The number of aromatic nitrogens is 2. The standard InChI is InChI=1S/C13H17N3S/c1-11(10-17-2)16-9-8-14-13(16)15-12-6-4-3-5-7-12/h3-9,11H,10H2,1-2H3,(H,14,15). The highest BCUT2D eigenvalue weighted by Crippen LogP contribution is 2.20. The minimum Gasteiger partial charge on any atom is -0.326 e. The van der Waals surface area contributed by atoms with E-state index in [-0.39, 0.29) is 0 Å². The zero-order chi connectivity index (χ0) is 12.1. The first-order valence-electron chi connectivity index (χ1n) is 5.65. The molecule has 1 atom stereocenters. The van der Waals surface area contributed by atoms with Gasteiger partial charge >= 0.3 is 0 Å². The van der Waals surface area contributed by atoms with E-state index in [1.54, 1.807) is 0 Å². The molecular weight excluding hydrogens is 230 g/mol. The van der Waals surface area contributed by atoms with Crippen molar-refractivity contribution in [3.63, 3.8) is 0 Å². The maximum Gasteiger partial charge on any atom is 0.207 e. The number of hydrogen-bond donors (Lipinski definition) is 1. The van der Waals surface area contributed by atoms with Crippen molar-refractivity contribution in [1.82, 2.24) is 9.55 Å². The number of anilines is 2. The van der Waals surface area contributed by atoms with Crippen LogP contribution in [0.25, 0.3) is 0 Å². The van der Waals surface area contributed by atoms with Crippen LogP contribution in [0, 0.1) is 0 Å². The molecule has 0 spiro atoms. The van der Waals surface area contributed by atoms with Crippen LogP contribution < -0.4 is 5.32 Å². The van der Waals surface area contributed by atoms with E-state index < -0.39 is 0 Å². The van der Waals surface area contributed by atoms with Gasteiger partial charge in [0.25, 0.3) is 0 Å². The van der Waals surface area contributed by atoms with E-state index >= 15 is 0 Å². The van der Waals surface area contributed by atoms with E-state index in [4.69, 9.17) is 0 Å². The Morgan fingerprint density at radius 2 is 2.12 bits per heavy atom. The van der Waals surface area contributed by atoms with E-state index in [9.17, 15) is 0 Å². The molecular formula is C13H17N3S. The molecule has 0 fully saturated rings. The Morgan fingerprint density at radius 3 is 2.82 bits per heavy atom. The van der Waals surface area contributed by atoms with Gasteiger partial charge in [0.05, 0.1) is 0 Å². The van der Waals surface area contributed by atoms with Crippen LogP contribution in [0.5, 0.6) is 0 Å². The molecule has 0 aliphatic rings. The molecule has 1 aromatic heterocycles. The fourth-order valence-electron chi connectivity index (χ4n) is 1.74. The predicted octanol–water partition coefficient (Wildman–Crippen LogP) is 3.55. The van der Waals surface area contributed by atoms with Crippen molar-refractivity contribution in [3.05, 3.63) is 42.7 Å². The van der Waals surface area contributed by atoms with Crippen LogP contribution in [-0.2, 0) is 0 Å². The lowest BCUT2D eigenvalue weighted by atomic mass is 10.3. The van der Waals surface area contributed by atoms with Gasteiger partial charge in [-0.05, 0) is 25.3 Å². The van der Waals surface area contributed by atoms with Crippen molar-refractivity contribution >= 4 is 23.4 Å². The maximum atomic E-state index is 4.36. The highest BCUT2D eigenvalue weighted by atomic mass is 32.2. The molecule has 90 valence electrons. The number of imidazole rings is 1. The highest BCUT2D eigenvalue weighted by molar-refractivity contribution is 7.98. The Kier molecular flexibility index (Phi) is 4.09. The Balaban J connectivity index is 2.14. The molecule has 0 amide bonds. The lowest BCUT2D eigenvalue weighted by Crippen LogP contribution is -2.10. The minimum absolute atomic E-state index is 0.443. The summed E-state index contributed by atoms with van der Waals surface area (Å²) in [5, 5.41) is 3.33. The number of para-hydroxylation sites is 1. The smallest absolute Gasteiger partial charge is 0.207 e. The maximum absolute atomic E-state index is 4.36. The van der Waals surface area contributed by atoms with Crippen LogP contribution in [0.15, 0.2) is 42.7 Å². The summed E-state index contributed by atoms with van der Waals surface area (Å²) in [6, 6.07) is 10.6. The van der Waals surface area contributed by atoms with E-state index in [1.165, 1.54) is 0 Å². The highest BCUT2D eigenvalue weighted by Gasteiger charge is 2.09. The topological polar surface area (TPSA) is 29.9 Å². The summed E-state index contributed by atoms with van der Waals surface area (Å²) in [6.07, 6.45) is 5.98. The molecule has 0 aliphatic heterocycles. The molecule has 0 bridgehead atoms. The van der Waals surface area contributed by atoms with Crippen LogP contribution in [0.4, 0.5) is 11.6 Å². The van der Waals surface area contributed by atoms with Gasteiger partial charge < -0.3 is 9.88 Å². The Labute approximate surface area is 106 Å². The normalized spacial score (nSPS) is 12.4. The molecule has 0 saturated heterocycles. The van der Waals surface area contributed by atoms with Gasteiger partial charge in [0.2, 0.25) is 5.95 Å². The van der Waals surface area contributed by atoms with Crippen molar-refractivity contribution in [2.24, 2.45) is 0 Å². The summed E-state index contributed by atoms with van der Waals surface area (Å²) in [7, 11) is 0. The van der Waals surface area contributed by atoms with Crippen molar-refractivity contribution in [2.75, 3.05) is 17.3 Å². The first-order chi connectivity index (χ1) is 8.31. The minimum atomic E-state index is 0.443. The summed E-state index contributed by atoms with van der Waals surface area (Å²) in [4.78, 5) is 4.36. The SMILES string of the molecule is CSCC(C)n1ccnc1Nc1ccccc1. The van der Waals surface area contributed by atoms with Crippen molar-refractivity contribution in [2.45, 2.75) is 13.0 Å². The number of benzene rings is 1. The number of nitrogens with one attached hydrogen (secondary N) is 1. The van der Waals surface area contributed by atoms with Gasteiger partial charge in [0.1, 0.15) is 0 Å². The quantitative estimate of drug-likeness (QED) is 0.876. The van der Waals surface area contributed by atoms with Gasteiger partial charge in [-0.25, -0.2) is 4.98 Å². The first-order valence-corrected chi connectivity index (χ1v) is 7.04. The van der Waals surface area contributed by atoms with Crippen LogP contribution in [0.1, 0.15) is 13.0 Å². The zero-order valence-electron chi connectivity index (χ0n) is 10.1. The predicted molar refractivity (Wildman–Crippen MR) is 75.0 cm³/mol. The van der Waals surface area contributed by atoms with Gasteiger partial charge in [0, 0.05) is 29.9 Å². The third-order valence-corrected chi connectivity index (χ3v) is 3.40. The number of rotatable bonds is 5. The molecule has 1 heterocycles. The van der Waals surface area contributed by atoms with Crippen LogP contribution in [-0.4, -0.2) is 21.6 Å². The van der Waals surface area contributed by atoms with Crippen molar-refractivity contribution in [3.8, 4) is 0 Å². The molecule has 17 heavy (non-hydrogen) atoms. The van der Waals surface area contributed by atoms with Gasteiger partial charge in [-0.15, -0.1) is 0 Å². The molecule has 3 nitrogen and oxygen atoms in total. The summed E-state index contributed by atoms with van der Waals surface area (Å²) in [5.74, 6) is 1.98. The summed E-state index contributed by atoms with van der Waals surface area (Å²) in [6.45, 7) is 2.20. The average molecular weight is 247 g/mol. The molecule has 1 unspecified atom stereocenters. The van der Waals surface area contributed by atoms with E-state index in [0.717, 1.165) is 17.4 Å². The second kappa shape index (κ2) is 5.77. The van der Waals surface area contributed by atoms with Crippen LogP contribution in [0.3, 0.4) is 0 Å². The molecule has 0 saturated carbocycles. The van der Waals surface area contributed by atoms with Crippen LogP contribution >= 0.6 is 11.8 Å². The summed E-state index contributed by atoms with van der Waals surface area (Å²) >= 11 is 1.85. The molecule has 1 aromatic carbocycles. The van der Waals surface area contributed by atoms with E-state index in [1.807, 2.05) is 54.5 Å². The average Bonchev–Trinajstić information content (AvgIpc) is 2.79. The summed E-state index contributed by atoms with van der Waals surface area (Å²) < 4.78 is 2.17. The van der Waals surface area contributed by atoms with Gasteiger partial charge in [-0.2, -0.15) is 11.8 Å². The second-order valence-corrected chi connectivity index (χ2v) is 4.86. The van der Waals surface area contributed by atoms with E-state index in [2.05, 4.69) is 28.0 Å². The molecule has 2 aromatic rings. The lowest BCUT2D eigenvalue weighted by molar-refractivity contribution is 0.617. The molecule has 1 N–H and O–H groups in total. The van der Waals surface area contributed by atoms with E-state index in [0.29, 0.717) is 6.04 Å². The molecule has 4 heteroatoms. The molecule has 0 radical (unpaired) electrons. The third-order valence-electron chi connectivity index (χ3n) is 2.58. The van der Waals surface area contributed by atoms with Crippen molar-refractivity contribution in [1.29, 1.82) is 0 Å². The van der Waals surface area contributed by atoms with Gasteiger partial charge in [-0.1, -0.05) is 18.2 Å². The monoisotopic (exact) mass is 247 g/mol. The number of hydrogen-bond acceptors (Lipinski definition) is 3. The Hall–Kier alpha value is -1.42. The molecule has 2 rings (SSSR count). The Morgan fingerprint density at radius 1 is 1.35 bits per heavy atom. The zero-order valence-corrected chi connectivity index (χ0v) is 10.9. The first kappa shape index (κ1) is 12.0. The van der Waals surface area contributed by atoms with Gasteiger partial charge in [-0.3, -0.25) is 0 Å². The Bertz CT molecular complexity index is 453. The largest absolute Gasteiger partial charge is 0.326 e. The van der Waals surface area contributed by atoms with Crippen molar-refractivity contribution < 1.29 is 0 Å². The second-order valence-electron chi connectivity index (χ2n) is 3.95. The summed E-state index contributed by atoms with van der Waals surface area (Å²) in [5.41, 5.74) is 1.07.